The summed E-state index contributed by atoms with van der Waals surface area (Å²) in [6.45, 7) is 5.67. The summed E-state index contributed by atoms with van der Waals surface area (Å²) in [6.07, 6.45) is 1.71. The average Bonchev–Trinajstić information content (AvgIpc) is 2.62. The van der Waals surface area contributed by atoms with Crippen LogP contribution in [0.15, 0.2) is 24.3 Å². The number of hydrogen-bond acceptors (Lipinski definition) is 4. The number of esters is 1. The van der Waals surface area contributed by atoms with Crippen LogP contribution in [0, 0.1) is 0 Å². The molecule has 7 heteroatoms. The molecule has 0 aliphatic heterocycles. The molecule has 25 heavy (non-hydrogen) atoms. The molecule has 1 aromatic rings. The lowest BCUT2D eigenvalue weighted by Gasteiger charge is -2.18. The van der Waals surface area contributed by atoms with Gasteiger partial charge in [0.1, 0.15) is 0 Å². The molecule has 0 heterocycles. The molecule has 1 aromatic carbocycles. The van der Waals surface area contributed by atoms with Gasteiger partial charge in [0, 0.05) is 37.3 Å². The van der Waals surface area contributed by atoms with Gasteiger partial charge in [-0.25, -0.2) is 4.79 Å². The number of benzene rings is 1. The fourth-order valence-electron chi connectivity index (χ4n) is 2.26. The second-order valence-electron chi connectivity index (χ2n) is 5.47. The van der Waals surface area contributed by atoms with E-state index in [2.05, 4.69) is 15.4 Å². The van der Waals surface area contributed by atoms with Crippen LogP contribution in [-0.2, 0) is 9.53 Å². The van der Waals surface area contributed by atoms with E-state index in [-0.39, 0.29) is 17.9 Å². The number of hydrogen-bond donors (Lipinski definition) is 2. The summed E-state index contributed by atoms with van der Waals surface area (Å²) in [5, 5.41) is 5.43. The summed E-state index contributed by atoms with van der Waals surface area (Å²) >= 11 is 0. The van der Waals surface area contributed by atoms with Crippen molar-refractivity contribution in [1.29, 1.82) is 0 Å². The van der Waals surface area contributed by atoms with Crippen LogP contribution < -0.4 is 10.6 Å². The van der Waals surface area contributed by atoms with Crippen LogP contribution in [0.5, 0.6) is 0 Å². The molecule has 0 saturated carbocycles. The number of ether oxygens (including phenoxy) is 1. The third kappa shape index (κ3) is 7.24. The molecule has 0 aliphatic carbocycles. The van der Waals surface area contributed by atoms with Gasteiger partial charge >= 0.3 is 12.0 Å². The fraction of sp³-hybridized carbons (Fsp3) is 0.500. The maximum atomic E-state index is 12.2. The van der Waals surface area contributed by atoms with Crippen molar-refractivity contribution in [3.05, 3.63) is 29.8 Å². The first-order chi connectivity index (χ1) is 12.0. The number of anilines is 1. The first-order valence-corrected chi connectivity index (χ1v) is 8.52. The van der Waals surface area contributed by atoms with E-state index >= 15 is 0 Å². The lowest BCUT2D eigenvalue weighted by molar-refractivity contribution is -0.140. The van der Waals surface area contributed by atoms with Gasteiger partial charge < -0.3 is 20.3 Å². The van der Waals surface area contributed by atoms with Gasteiger partial charge in [0.05, 0.1) is 7.11 Å². The molecule has 0 aromatic heterocycles. The predicted molar refractivity (Wildman–Crippen MR) is 96.6 cm³/mol. The third-order valence-electron chi connectivity index (χ3n) is 3.76. The maximum Gasteiger partial charge on any atom is 0.319 e. The fourth-order valence-corrected chi connectivity index (χ4v) is 2.26. The number of carbonyl (C=O) groups excluding carboxylic acids is 3. The topological polar surface area (TPSA) is 87.7 Å². The zero-order valence-electron chi connectivity index (χ0n) is 15.1. The highest BCUT2D eigenvalue weighted by Gasteiger charge is 2.12. The number of nitrogens with zero attached hydrogens (tertiary/aromatic N) is 1. The molecular formula is C18H27N3O4. The van der Waals surface area contributed by atoms with Crippen LogP contribution in [0.25, 0.3) is 0 Å². The number of rotatable bonds is 9. The van der Waals surface area contributed by atoms with Gasteiger partial charge in [-0.1, -0.05) is 0 Å². The van der Waals surface area contributed by atoms with E-state index in [4.69, 9.17) is 0 Å². The highest BCUT2D eigenvalue weighted by molar-refractivity contribution is 5.95. The number of urea groups is 1. The quantitative estimate of drug-likeness (QED) is 0.530. The van der Waals surface area contributed by atoms with E-state index in [9.17, 15) is 14.4 Å². The standard InChI is InChI=1S/C18H27N3O4/c1-4-21(5-2)17(23)14-9-11-15(12-10-14)20-18(24)19-13-7-6-8-16(22)25-3/h9-12H,4-8,13H2,1-3H3,(H2,19,20,24). The van der Waals surface area contributed by atoms with Crippen molar-refractivity contribution in [2.75, 3.05) is 32.1 Å². The Hall–Kier alpha value is -2.57. The van der Waals surface area contributed by atoms with Gasteiger partial charge in [0.2, 0.25) is 0 Å². The van der Waals surface area contributed by atoms with E-state index in [0.717, 1.165) is 0 Å². The van der Waals surface area contributed by atoms with E-state index in [1.807, 2.05) is 13.8 Å². The van der Waals surface area contributed by atoms with Crippen molar-refractivity contribution < 1.29 is 19.1 Å². The Kier molecular flexibility index (Phi) is 9.06. The van der Waals surface area contributed by atoms with Crippen LogP contribution in [0.3, 0.4) is 0 Å². The maximum absolute atomic E-state index is 12.2. The summed E-state index contributed by atoms with van der Waals surface area (Å²) in [5.41, 5.74) is 1.21. The zero-order chi connectivity index (χ0) is 18.7. The lowest BCUT2D eigenvalue weighted by Crippen LogP contribution is -2.30. The molecule has 0 fully saturated rings. The molecule has 0 unspecified atom stereocenters. The third-order valence-corrected chi connectivity index (χ3v) is 3.76. The summed E-state index contributed by atoms with van der Waals surface area (Å²) in [4.78, 5) is 36.7. The van der Waals surface area contributed by atoms with Gasteiger partial charge in [0.15, 0.2) is 0 Å². The molecule has 0 radical (unpaired) electrons. The highest BCUT2D eigenvalue weighted by atomic mass is 16.5. The highest BCUT2D eigenvalue weighted by Crippen LogP contribution is 2.11. The summed E-state index contributed by atoms with van der Waals surface area (Å²) < 4.78 is 4.55. The van der Waals surface area contributed by atoms with Crippen LogP contribution >= 0.6 is 0 Å². The van der Waals surface area contributed by atoms with Gasteiger partial charge in [-0.3, -0.25) is 9.59 Å². The van der Waals surface area contributed by atoms with Gasteiger partial charge in [-0.05, 0) is 51.0 Å². The number of carbonyl (C=O) groups is 3. The van der Waals surface area contributed by atoms with E-state index in [1.54, 1.807) is 29.2 Å². The normalized spacial score (nSPS) is 10.0. The van der Waals surface area contributed by atoms with Gasteiger partial charge in [-0.2, -0.15) is 0 Å². The van der Waals surface area contributed by atoms with Gasteiger partial charge in [-0.15, -0.1) is 0 Å². The average molecular weight is 349 g/mol. The van der Waals surface area contributed by atoms with Crippen molar-refractivity contribution >= 4 is 23.6 Å². The molecular weight excluding hydrogens is 322 g/mol. The van der Waals surface area contributed by atoms with Crippen molar-refractivity contribution in [2.24, 2.45) is 0 Å². The van der Waals surface area contributed by atoms with Crippen LogP contribution in [0.2, 0.25) is 0 Å². The minimum Gasteiger partial charge on any atom is -0.469 e. The Bertz CT molecular complexity index is 568. The summed E-state index contributed by atoms with van der Waals surface area (Å²) in [5.74, 6) is -0.268. The lowest BCUT2D eigenvalue weighted by atomic mass is 10.2. The smallest absolute Gasteiger partial charge is 0.319 e. The number of nitrogens with one attached hydrogen (secondary N) is 2. The van der Waals surface area contributed by atoms with Crippen molar-refractivity contribution in [1.82, 2.24) is 10.2 Å². The predicted octanol–water partition coefficient (Wildman–Crippen LogP) is 2.63. The van der Waals surface area contributed by atoms with E-state index in [1.165, 1.54) is 7.11 Å². The minimum atomic E-state index is -0.319. The minimum absolute atomic E-state index is 0.0217. The summed E-state index contributed by atoms with van der Waals surface area (Å²) in [6, 6.07) is 6.49. The molecule has 7 nitrogen and oxygen atoms in total. The molecule has 2 N–H and O–H groups in total. The Morgan fingerprint density at radius 3 is 2.24 bits per heavy atom. The van der Waals surface area contributed by atoms with Crippen LogP contribution in [0.4, 0.5) is 10.5 Å². The Balaban J connectivity index is 2.38. The molecule has 0 atom stereocenters. The molecule has 138 valence electrons. The Morgan fingerprint density at radius 2 is 1.68 bits per heavy atom. The number of unbranched alkanes of at least 4 members (excludes halogenated alkanes) is 1. The number of methoxy groups -OCH3 is 1. The van der Waals surface area contributed by atoms with Crippen molar-refractivity contribution in [3.63, 3.8) is 0 Å². The van der Waals surface area contributed by atoms with E-state index in [0.29, 0.717) is 50.1 Å². The molecule has 0 saturated heterocycles. The second kappa shape index (κ2) is 11.1. The Morgan fingerprint density at radius 1 is 1.04 bits per heavy atom. The Labute approximate surface area is 148 Å². The second-order valence-corrected chi connectivity index (χ2v) is 5.47. The van der Waals surface area contributed by atoms with Crippen molar-refractivity contribution in [3.8, 4) is 0 Å². The largest absolute Gasteiger partial charge is 0.469 e. The van der Waals surface area contributed by atoms with Crippen LogP contribution in [-0.4, -0.2) is 49.6 Å². The SMILES string of the molecule is CCN(CC)C(=O)c1ccc(NC(=O)NCCCCC(=O)OC)cc1. The molecule has 0 aliphatic rings. The number of amides is 3. The molecule has 0 bridgehead atoms. The zero-order valence-corrected chi connectivity index (χ0v) is 15.1. The molecule has 0 spiro atoms. The molecule has 1 rings (SSSR count). The van der Waals surface area contributed by atoms with Crippen LogP contribution in [0.1, 0.15) is 43.5 Å². The monoisotopic (exact) mass is 349 g/mol. The van der Waals surface area contributed by atoms with E-state index < -0.39 is 0 Å². The summed E-state index contributed by atoms with van der Waals surface area (Å²) in [7, 11) is 1.36. The molecule has 3 amide bonds. The first-order valence-electron chi connectivity index (χ1n) is 8.52. The van der Waals surface area contributed by atoms with Crippen molar-refractivity contribution in [2.45, 2.75) is 33.1 Å². The van der Waals surface area contributed by atoms with Gasteiger partial charge in [0.25, 0.3) is 5.91 Å². The first kappa shape index (κ1) is 20.5.